The molecule has 0 amide bonds. The van der Waals surface area contributed by atoms with Crippen LogP contribution < -0.4 is 0 Å². The Balaban J connectivity index is 2.33. The maximum Gasteiger partial charge on any atom is 0.338 e. The molecular weight excluding hydrogens is 270 g/mol. The number of hydrogen-bond acceptors (Lipinski definition) is 5. The fourth-order valence-electron chi connectivity index (χ4n) is 1.94. The van der Waals surface area contributed by atoms with Gasteiger partial charge in [0.25, 0.3) is 0 Å². The van der Waals surface area contributed by atoms with Gasteiger partial charge in [0.05, 0.1) is 23.6 Å². The van der Waals surface area contributed by atoms with Gasteiger partial charge in [0.2, 0.25) is 0 Å². The van der Waals surface area contributed by atoms with Gasteiger partial charge in [-0.3, -0.25) is 4.79 Å². The molecular formula is C15H17N3O3. The lowest BCUT2D eigenvalue weighted by Gasteiger charge is -2.06. The second-order valence-corrected chi connectivity index (χ2v) is 4.68. The molecule has 0 bridgehead atoms. The van der Waals surface area contributed by atoms with Gasteiger partial charge in [-0.1, -0.05) is 18.2 Å². The van der Waals surface area contributed by atoms with E-state index < -0.39 is 0 Å². The molecule has 0 saturated carbocycles. The van der Waals surface area contributed by atoms with Gasteiger partial charge in [-0.25, -0.2) is 9.48 Å². The highest BCUT2D eigenvalue weighted by molar-refractivity contribution is 5.93. The summed E-state index contributed by atoms with van der Waals surface area (Å²) in [7, 11) is 0. The third-order valence-corrected chi connectivity index (χ3v) is 2.99. The van der Waals surface area contributed by atoms with Gasteiger partial charge < -0.3 is 4.74 Å². The zero-order chi connectivity index (χ0) is 15.4. The number of hydrogen-bond donors (Lipinski definition) is 0. The Morgan fingerprint density at radius 3 is 2.71 bits per heavy atom. The molecule has 1 aromatic carbocycles. The fraction of sp³-hybridized carbons (Fsp3) is 0.333. The molecule has 0 N–H and O–H groups in total. The van der Waals surface area contributed by atoms with Crippen molar-refractivity contribution in [2.75, 3.05) is 6.61 Å². The molecule has 21 heavy (non-hydrogen) atoms. The summed E-state index contributed by atoms with van der Waals surface area (Å²) >= 11 is 0. The van der Waals surface area contributed by atoms with Crippen LogP contribution in [0.5, 0.6) is 0 Å². The Kier molecular flexibility index (Phi) is 4.47. The lowest BCUT2D eigenvalue weighted by atomic mass is 10.2. The Bertz CT molecular complexity index is 677. The molecule has 1 aromatic heterocycles. The largest absolute Gasteiger partial charge is 0.462 e. The van der Waals surface area contributed by atoms with Crippen molar-refractivity contribution in [3.63, 3.8) is 0 Å². The minimum Gasteiger partial charge on any atom is -0.462 e. The Hall–Kier alpha value is -2.50. The molecule has 0 aliphatic carbocycles. The fourth-order valence-corrected chi connectivity index (χ4v) is 1.94. The van der Waals surface area contributed by atoms with Crippen molar-refractivity contribution in [2.24, 2.45) is 0 Å². The van der Waals surface area contributed by atoms with Crippen molar-refractivity contribution < 1.29 is 14.3 Å². The number of aromatic nitrogens is 3. The highest BCUT2D eigenvalue weighted by atomic mass is 16.5. The average Bonchev–Trinajstić information content (AvgIpc) is 2.86. The summed E-state index contributed by atoms with van der Waals surface area (Å²) < 4.78 is 6.64. The van der Waals surface area contributed by atoms with Crippen LogP contribution in [0.4, 0.5) is 0 Å². The highest BCUT2D eigenvalue weighted by Gasteiger charge is 2.15. The molecule has 0 spiro atoms. The van der Waals surface area contributed by atoms with Crippen molar-refractivity contribution >= 4 is 11.8 Å². The van der Waals surface area contributed by atoms with Crippen LogP contribution in [0, 0.1) is 6.92 Å². The normalized spacial score (nSPS) is 10.4. The van der Waals surface area contributed by atoms with Crippen LogP contribution in [0.2, 0.25) is 0 Å². The number of benzene rings is 1. The van der Waals surface area contributed by atoms with E-state index in [2.05, 4.69) is 10.3 Å². The summed E-state index contributed by atoms with van der Waals surface area (Å²) in [6, 6.07) is 6.89. The van der Waals surface area contributed by atoms with Crippen LogP contribution in [0.1, 0.15) is 46.8 Å². The summed E-state index contributed by atoms with van der Waals surface area (Å²) in [5.74, 6) is -0.513. The number of Topliss-reactive ketones (excluding diaryl/α,β-unsaturated/α-hetero) is 1. The van der Waals surface area contributed by atoms with Gasteiger partial charge in [0, 0.05) is 6.92 Å². The zero-order valence-electron chi connectivity index (χ0n) is 12.3. The molecule has 0 radical (unpaired) electrons. The number of nitrogens with zero attached hydrogens (tertiary/aromatic N) is 3. The van der Waals surface area contributed by atoms with Crippen LogP contribution in [-0.4, -0.2) is 33.4 Å². The predicted octanol–water partition coefficient (Wildman–Crippen LogP) is 2.35. The Morgan fingerprint density at radius 2 is 2.10 bits per heavy atom. The van der Waals surface area contributed by atoms with Gasteiger partial charge in [0.15, 0.2) is 11.5 Å². The molecule has 110 valence electrons. The Labute approximate surface area is 122 Å². The maximum absolute atomic E-state index is 11.9. The number of carbonyl (C=O) groups excluding carboxylic acids is 2. The number of carbonyl (C=O) groups is 2. The molecule has 0 unspecified atom stereocenters. The van der Waals surface area contributed by atoms with Gasteiger partial charge in [0.1, 0.15) is 0 Å². The van der Waals surface area contributed by atoms with Gasteiger partial charge >= 0.3 is 5.97 Å². The molecule has 2 rings (SSSR count). The van der Waals surface area contributed by atoms with E-state index in [9.17, 15) is 9.59 Å². The van der Waals surface area contributed by atoms with Crippen molar-refractivity contribution in [1.82, 2.24) is 15.0 Å². The van der Waals surface area contributed by atoms with Gasteiger partial charge in [-0.15, -0.1) is 5.10 Å². The van der Waals surface area contributed by atoms with E-state index in [1.165, 1.54) is 11.6 Å². The summed E-state index contributed by atoms with van der Waals surface area (Å²) in [4.78, 5) is 23.3. The first kappa shape index (κ1) is 14.9. The molecule has 6 nitrogen and oxygen atoms in total. The van der Waals surface area contributed by atoms with Crippen LogP contribution in [-0.2, 0) is 4.74 Å². The minimum atomic E-state index is -0.372. The van der Waals surface area contributed by atoms with Crippen molar-refractivity contribution in [1.29, 1.82) is 0 Å². The number of rotatable bonds is 5. The van der Waals surface area contributed by atoms with E-state index in [4.69, 9.17) is 4.74 Å². The monoisotopic (exact) mass is 287 g/mol. The predicted molar refractivity (Wildman–Crippen MR) is 76.7 cm³/mol. The lowest BCUT2D eigenvalue weighted by Crippen LogP contribution is -2.07. The SMILES string of the molecule is CCCOC(=O)c1cccc(-n2nnc(C(C)=O)c2C)c1. The summed E-state index contributed by atoms with van der Waals surface area (Å²) in [5, 5.41) is 7.83. The Morgan fingerprint density at radius 1 is 1.33 bits per heavy atom. The summed E-state index contributed by atoms with van der Waals surface area (Å²) in [5.41, 5.74) is 2.08. The van der Waals surface area contributed by atoms with Crippen LogP contribution in [0.15, 0.2) is 24.3 Å². The number of esters is 1. The minimum absolute atomic E-state index is 0.141. The van der Waals surface area contributed by atoms with E-state index >= 15 is 0 Å². The van der Waals surface area contributed by atoms with Crippen molar-refractivity contribution in [3.05, 3.63) is 41.2 Å². The number of ether oxygens (including phenoxy) is 1. The first-order valence-corrected chi connectivity index (χ1v) is 6.75. The number of ketones is 1. The third kappa shape index (κ3) is 3.16. The van der Waals surface area contributed by atoms with E-state index in [-0.39, 0.29) is 11.8 Å². The molecule has 0 fully saturated rings. The maximum atomic E-state index is 11.9. The molecule has 0 aliphatic heterocycles. The van der Waals surface area contributed by atoms with Gasteiger partial charge in [-0.2, -0.15) is 0 Å². The van der Waals surface area contributed by atoms with E-state index in [1.54, 1.807) is 31.2 Å². The quantitative estimate of drug-likeness (QED) is 0.623. The van der Waals surface area contributed by atoms with Crippen LogP contribution >= 0.6 is 0 Å². The van der Waals surface area contributed by atoms with Crippen LogP contribution in [0.25, 0.3) is 5.69 Å². The van der Waals surface area contributed by atoms with Crippen molar-refractivity contribution in [2.45, 2.75) is 27.2 Å². The third-order valence-electron chi connectivity index (χ3n) is 2.99. The molecule has 1 heterocycles. The van der Waals surface area contributed by atoms with Crippen LogP contribution in [0.3, 0.4) is 0 Å². The molecule has 0 aliphatic rings. The van der Waals surface area contributed by atoms with Crippen molar-refractivity contribution in [3.8, 4) is 5.69 Å². The second kappa shape index (κ2) is 6.30. The molecule has 6 heteroatoms. The van der Waals surface area contributed by atoms with E-state index in [0.717, 1.165) is 6.42 Å². The average molecular weight is 287 g/mol. The second-order valence-electron chi connectivity index (χ2n) is 4.68. The summed E-state index contributed by atoms with van der Waals surface area (Å²) in [6.07, 6.45) is 0.773. The smallest absolute Gasteiger partial charge is 0.338 e. The molecule has 0 atom stereocenters. The zero-order valence-corrected chi connectivity index (χ0v) is 12.3. The topological polar surface area (TPSA) is 74.1 Å². The first-order valence-electron chi connectivity index (χ1n) is 6.75. The lowest BCUT2D eigenvalue weighted by molar-refractivity contribution is 0.0505. The summed E-state index contributed by atoms with van der Waals surface area (Å²) in [6.45, 7) is 5.53. The first-order chi connectivity index (χ1) is 10.0. The highest BCUT2D eigenvalue weighted by Crippen LogP contribution is 2.15. The standard InChI is InChI=1S/C15H17N3O3/c1-4-8-21-15(20)12-6-5-7-13(9-12)18-10(2)14(11(3)19)16-17-18/h5-7,9H,4,8H2,1-3H3. The van der Waals surface area contributed by atoms with Gasteiger partial charge in [-0.05, 0) is 31.5 Å². The molecule has 0 saturated heterocycles. The van der Waals surface area contributed by atoms with E-state index in [0.29, 0.717) is 29.2 Å². The molecule has 2 aromatic rings. The van der Waals surface area contributed by atoms with E-state index in [1.807, 2.05) is 6.92 Å².